The maximum absolute atomic E-state index is 13.6. The molecule has 108 valence electrons. The van der Waals surface area contributed by atoms with Gasteiger partial charge >= 0.3 is 0 Å². The van der Waals surface area contributed by atoms with Crippen LogP contribution in [0, 0.1) is 17.5 Å². The molecule has 0 fully saturated rings. The molecule has 0 bridgehead atoms. The van der Waals surface area contributed by atoms with Gasteiger partial charge in [0.15, 0.2) is 17.5 Å². The second kappa shape index (κ2) is 7.04. The molecule has 3 nitrogen and oxygen atoms in total. The minimum atomic E-state index is -1.68. The first-order valence-electron chi connectivity index (χ1n) is 5.70. The lowest BCUT2D eigenvalue weighted by atomic mass is 10.1. The molecule has 0 radical (unpaired) electrons. The van der Waals surface area contributed by atoms with Gasteiger partial charge in [0.2, 0.25) is 0 Å². The molecule has 1 rings (SSSR count). The Balaban J connectivity index is 3.03. The van der Waals surface area contributed by atoms with Crippen LogP contribution in [0.5, 0.6) is 0 Å². The highest BCUT2D eigenvalue weighted by Crippen LogP contribution is 2.17. The van der Waals surface area contributed by atoms with Crippen molar-refractivity contribution in [3.05, 3.63) is 47.8 Å². The van der Waals surface area contributed by atoms with E-state index in [4.69, 9.17) is 18.0 Å². The van der Waals surface area contributed by atoms with Gasteiger partial charge in [0.25, 0.3) is 5.91 Å². The fourth-order valence-electron chi connectivity index (χ4n) is 1.54. The van der Waals surface area contributed by atoms with Crippen molar-refractivity contribution in [2.75, 3.05) is 13.1 Å². The van der Waals surface area contributed by atoms with Gasteiger partial charge < -0.3 is 10.6 Å². The Bertz CT molecular complexity index is 549. The van der Waals surface area contributed by atoms with Crippen LogP contribution in [0.15, 0.2) is 24.8 Å². The molecule has 0 aliphatic heterocycles. The number of carbonyl (C=O) groups is 1. The Labute approximate surface area is 119 Å². The Morgan fingerprint density at radius 1 is 1.35 bits per heavy atom. The minimum Gasteiger partial charge on any atom is -0.393 e. The molecule has 0 aliphatic rings. The van der Waals surface area contributed by atoms with Crippen LogP contribution in [0.3, 0.4) is 0 Å². The molecule has 20 heavy (non-hydrogen) atoms. The Hall–Kier alpha value is -1.89. The van der Waals surface area contributed by atoms with Crippen LogP contribution >= 0.6 is 12.2 Å². The molecule has 0 saturated carbocycles. The van der Waals surface area contributed by atoms with Crippen LogP contribution in [-0.2, 0) is 0 Å². The minimum absolute atomic E-state index is 0.111. The average molecular weight is 302 g/mol. The highest BCUT2D eigenvalue weighted by Gasteiger charge is 2.22. The van der Waals surface area contributed by atoms with E-state index >= 15 is 0 Å². The normalized spacial score (nSPS) is 10.2. The monoisotopic (exact) mass is 302 g/mol. The molecule has 2 N–H and O–H groups in total. The third-order valence-electron chi connectivity index (χ3n) is 2.53. The topological polar surface area (TPSA) is 46.3 Å². The molecule has 0 heterocycles. The zero-order chi connectivity index (χ0) is 15.3. The number of nitrogens with two attached hydrogens (primary N) is 1. The quantitative estimate of drug-likeness (QED) is 0.499. The van der Waals surface area contributed by atoms with Crippen LogP contribution in [0.25, 0.3) is 0 Å². The largest absolute Gasteiger partial charge is 0.393 e. The zero-order valence-electron chi connectivity index (χ0n) is 10.5. The fourth-order valence-corrected chi connectivity index (χ4v) is 1.63. The van der Waals surface area contributed by atoms with Crippen molar-refractivity contribution in [3.63, 3.8) is 0 Å². The molecule has 1 aromatic carbocycles. The summed E-state index contributed by atoms with van der Waals surface area (Å²) in [5.41, 5.74) is 4.79. The molecule has 0 saturated heterocycles. The molecule has 7 heteroatoms. The van der Waals surface area contributed by atoms with E-state index in [1.54, 1.807) is 0 Å². The van der Waals surface area contributed by atoms with E-state index in [2.05, 4.69) is 6.58 Å². The Morgan fingerprint density at radius 3 is 2.55 bits per heavy atom. The summed E-state index contributed by atoms with van der Waals surface area (Å²) in [6, 6.07) is 1.60. The van der Waals surface area contributed by atoms with E-state index in [1.807, 2.05) is 0 Å². The first kappa shape index (κ1) is 16.2. The molecule has 0 spiro atoms. The summed E-state index contributed by atoms with van der Waals surface area (Å²) in [7, 11) is 0. The van der Waals surface area contributed by atoms with E-state index in [0.29, 0.717) is 6.07 Å². The summed E-state index contributed by atoms with van der Waals surface area (Å²) < 4.78 is 39.5. The predicted molar refractivity (Wildman–Crippen MR) is 73.8 cm³/mol. The number of hydrogen-bond acceptors (Lipinski definition) is 2. The molecule has 0 aliphatic carbocycles. The molecule has 1 aromatic rings. The number of halogens is 3. The zero-order valence-corrected chi connectivity index (χ0v) is 11.4. The van der Waals surface area contributed by atoms with Crippen molar-refractivity contribution in [1.29, 1.82) is 0 Å². The molecule has 0 aromatic heterocycles. The molecule has 0 atom stereocenters. The fraction of sp³-hybridized carbons (Fsp3) is 0.231. The summed E-state index contributed by atoms with van der Waals surface area (Å²) in [4.78, 5) is 13.5. The summed E-state index contributed by atoms with van der Waals surface area (Å²) in [5.74, 6) is -5.32. The third-order valence-corrected chi connectivity index (χ3v) is 2.73. The number of hydrogen-bond donors (Lipinski definition) is 1. The number of nitrogens with zero attached hydrogens (tertiary/aromatic N) is 1. The van der Waals surface area contributed by atoms with Crippen molar-refractivity contribution >= 4 is 23.1 Å². The summed E-state index contributed by atoms with van der Waals surface area (Å²) in [6.45, 7) is 3.72. The average Bonchev–Trinajstić information content (AvgIpc) is 2.40. The van der Waals surface area contributed by atoms with E-state index < -0.39 is 28.9 Å². The van der Waals surface area contributed by atoms with Crippen LogP contribution in [0.1, 0.15) is 16.8 Å². The lowest BCUT2D eigenvalue weighted by Crippen LogP contribution is -2.34. The lowest BCUT2D eigenvalue weighted by Gasteiger charge is -2.21. The van der Waals surface area contributed by atoms with Crippen molar-refractivity contribution in [2.45, 2.75) is 6.42 Å². The van der Waals surface area contributed by atoms with Gasteiger partial charge in [0, 0.05) is 19.5 Å². The number of thiocarbonyl (C=S) groups is 1. The van der Waals surface area contributed by atoms with Crippen LogP contribution < -0.4 is 5.73 Å². The van der Waals surface area contributed by atoms with Gasteiger partial charge in [-0.1, -0.05) is 18.3 Å². The van der Waals surface area contributed by atoms with Crippen molar-refractivity contribution in [3.8, 4) is 0 Å². The van der Waals surface area contributed by atoms with Gasteiger partial charge in [0.1, 0.15) is 0 Å². The van der Waals surface area contributed by atoms with Gasteiger partial charge in [-0.3, -0.25) is 4.79 Å². The number of benzene rings is 1. The summed E-state index contributed by atoms with van der Waals surface area (Å²) in [5, 5.41) is 0. The molecular weight excluding hydrogens is 289 g/mol. The van der Waals surface area contributed by atoms with Crippen molar-refractivity contribution in [1.82, 2.24) is 4.90 Å². The smallest absolute Gasteiger partial charge is 0.257 e. The Kier molecular flexibility index (Phi) is 5.69. The number of amides is 1. The first-order valence-corrected chi connectivity index (χ1v) is 6.11. The number of carbonyl (C=O) groups excluding carboxylic acids is 1. The van der Waals surface area contributed by atoms with Gasteiger partial charge in [-0.05, 0) is 12.1 Å². The maximum atomic E-state index is 13.6. The van der Waals surface area contributed by atoms with Gasteiger partial charge in [-0.2, -0.15) is 0 Å². The SMILES string of the molecule is C=CCN(CCC(N)=S)C(=O)c1ccc(F)c(F)c1F. The van der Waals surface area contributed by atoms with E-state index in [-0.39, 0.29) is 24.5 Å². The predicted octanol–water partition coefficient (Wildman–Crippen LogP) is 2.41. The van der Waals surface area contributed by atoms with Crippen LogP contribution in [0.4, 0.5) is 13.2 Å². The Morgan fingerprint density at radius 2 is 2.00 bits per heavy atom. The number of rotatable bonds is 6. The van der Waals surface area contributed by atoms with E-state index in [1.165, 1.54) is 11.0 Å². The highest BCUT2D eigenvalue weighted by molar-refractivity contribution is 7.80. The second-order valence-corrected chi connectivity index (χ2v) is 4.50. The van der Waals surface area contributed by atoms with Crippen molar-refractivity contribution < 1.29 is 18.0 Å². The molecule has 0 unspecified atom stereocenters. The van der Waals surface area contributed by atoms with E-state index in [0.717, 1.165) is 6.07 Å². The summed E-state index contributed by atoms with van der Waals surface area (Å²) in [6.07, 6.45) is 1.66. The lowest BCUT2D eigenvalue weighted by molar-refractivity contribution is 0.0772. The maximum Gasteiger partial charge on any atom is 0.257 e. The molecule has 1 amide bonds. The molecular formula is C13H13F3N2OS. The van der Waals surface area contributed by atoms with E-state index in [9.17, 15) is 18.0 Å². The summed E-state index contributed by atoms with van der Waals surface area (Å²) >= 11 is 4.70. The van der Waals surface area contributed by atoms with Crippen LogP contribution in [0.2, 0.25) is 0 Å². The second-order valence-electron chi connectivity index (χ2n) is 3.98. The third kappa shape index (κ3) is 3.80. The first-order chi connectivity index (χ1) is 9.38. The van der Waals surface area contributed by atoms with Crippen molar-refractivity contribution in [2.24, 2.45) is 5.73 Å². The standard InChI is InChI=1S/C13H13F3N2OS/c1-2-6-18(7-5-10(17)20)13(19)8-3-4-9(14)12(16)11(8)15/h2-4H,1,5-7H2,(H2,17,20). The van der Waals surface area contributed by atoms with Gasteiger partial charge in [-0.25, -0.2) is 13.2 Å². The van der Waals surface area contributed by atoms with Gasteiger partial charge in [-0.15, -0.1) is 6.58 Å². The van der Waals surface area contributed by atoms with Crippen LogP contribution in [-0.4, -0.2) is 28.9 Å². The highest BCUT2D eigenvalue weighted by atomic mass is 32.1. The van der Waals surface area contributed by atoms with Gasteiger partial charge in [0.05, 0.1) is 10.6 Å².